The molecule has 28 heavy (non-hydrogen) atoms. The van der Waals surface area contributed by atoms with Crippen LogP contribution in [-0.4, -0.2) is 83.3 Å². The van der Waals surface area contributed by atoms with Crippen LogP contribution in [0.3, 0.4) is 0 Å². The highest BCUT2D eigenvalue weighted by molar-refractivity contribution is 5.04. The molecule has 0 aromatic rings. The first-order valence-electron chi connectivity index (χ1n) is 12.5. The Bertz CT molecular complexity index is 502. The molecule has 4 heteroatoms. The van der Waals surface area contributed by atoms with Crippen molar-refractivity contribution in [1.29, 1.82) is 0 Å². The maximum absolute atomic E-state index is 9.79. The molecule has 4 nitrogen and oxygen atoms in total. The SMILES string of the molecule is CC(C)N1CCC(N2CCN(C3C4CC5CC(C4)CC3C5)CC2CCO)CC1. The number of aliphatic hydroxyl groups excluding tert-OH is 1. The third-order valence-corrected chi connectivity index (χ3v) is 9.32. The summed E-state index contributed by atoms with van der Waals surface area (Å²) in [5, 5.41) is 9.79. The molecule has 0 aromatic heterocycles. The fourth-order valence-electron chi connectivity index (χ4n) is 8.28. The summed E-state index contributed by atoms with van der Waals surface area (Å²) in [5.74, 6) is 4.12. The van der Waals surface area contributed by atoms with Gasteiger partial charge < -0.3 is 10.0 Å². The van der Waals surface area contributed by atoms with Crippen LogP contribution in [0.2, 0.25) is 0 Å². The van der Waals surface area contributed by atoms with Crippen LogP contribution in [0.15, 0.2) is 0 Å². The van der Waals surface area contributed by atoms with Crippen LogP contribution in [0, 0.1) is 23.7 Å². The highest BCUT2D eigenvalue weighted by Crippen LogP contribution is 2.55. The van der Waals surface area contributed by atoms with Crippen LogP contribution in [0.5, 0.6) is 0 Å². The van der Waals surface area contributed by atoms with Gasteiger partial charge in [0.2, 0.25) is 0 Å². The Labute approximate surface area is 172 Å². The summed E-state index contributed by atoms with van der Waals surface area (Å²) >= 11 is 0. The van der Waals surface area contributed by atoms with Crippen LogP contribution in [0.4, 0.5) is 0 Å². The van der Waals surface area contributed by atoms with Crippen molar-refractivity contribution in [2.24, 2.45) is 23.7 Å². The number of hydrogen-bond acceptors (Lipinski definition) is 4. The molecule has 2 heterocycles. The van der Waals surface area contributed by atoms with Gasteiger partial charge in [-0.3, -0.25) is 9.80 Å². The number of piperidine rings is 1. The maximum atomic E-state index is 9.79. The molecule has 1 atom stereocenters. The summed E-state index contributed by atoms with van der Waals surface area (Å²) in [6.07, 6.45) is 11.2. The van der Waals surface area contributed by atoms with Crippen LogP contribution in [-0.2, 0) is 0 Å². The molecule has 0 radical (unpaired) electrons. The largest absolute Gasteiger partial charge is 0.396 e. The van der Waals surface area contributed by atoms with Gasteiger partial charge >= 0.3 is 0 Å². The topological polar surface area (TPSA) is 30.0 Å². The fourth-order valence-corrected chi connectivity index (χ4v) is 8.28. The van der Waals surface area contributed by atoms with Gasteiger partial charge in [-0.2, -0.15) is 0 Å². The Kier molecular flexibility index (Phi) is 5.77. The van der Waals surface area contributed by atoms with E-state index in [0.29, 0.717) is 18.7 Å². The Morgan fingerprint density at radius 1 is 0.857 bits per heavy atom. The average molecular weight is 390 g/mol. The smallest absolute Gasteiger partial charge is 0.0446 e. The molecule has 0 spiro atoms. The predicted molar refractivity (Wildman–Crippen MR) is 114 cm³/mol. The second-order valence-electron chi connectivity index (χ2n) is 11.2. The van der Waals surface area contributed by atoms with E-state index in [1.165, 1.54) is 71.2 Å². The van der Waals surface area contributed by atoms with E-state index in [0.717, 1.165) is 42.2 Å². The average Bonchev–Trinajstić information content (AvgIpc) is 2.68. The van der Waals surface area contributed by atoms with Gasteiger partial charge in [-0.1, -0.05) is 0 Å². The number of likely N-dealkylation sites (tertiary alicyclic amines) is 1. The minimum Gasteiger partial charge on any atom is -0.396 e. The van der Waals surface area contributed by atoms with Crippen molar-refractivity contribution in [1.82, 2.24) is 14.7 Å². The Morgan fingerprint density at radius 3 is 2.07 bits per heavy atom. The van der Waals surface area contributed by atoms with Crippen molar-refractivity contribution in [3.63, 3.8) is 0 Å². The molecular weight excluding hydrogens is 346 g/mol. The molecule has 0 aromatic carbocycles. The summed E-state index contributed by atoms with van der Waals surface area (Å²) in [6.45, 7) is 11.3. The first kappa shape index (κ1) is 19.8. The van der Waals surface area contributed by atoms with E-state index in [9.17, 15) is 5.11 Å². The fraction of sp³-hybridized carbons (Fsp3) is 1.00. The zero-order valence-electron chi connectivity index (χ0n) is 18.3. The third kappa shape index (κ3) is 3.68. The molecule has 2 saturated heterocycles. The van der Waals surface area contributed by atoms with Crippen LogP contribution >= 0.6 is 0 Å². The zero-order valence-corrected chi connectivity index (χ0v) is 18.3. The normalized spacial score (nSPS) is 43.3. The summed E-state index contributed by atoms with van der Waals surface area (Å²) in [5.41, 5.74) is 0. The first-order chi connectivity index (χ1) is 13.6. The summed E-state index contributed by atoms with van der Waals surface area (Å²) in [4.78, 5) is 8.37. The summed E-state index contributed by atoms with van der Waals surface area (Å²) < 4.78 is 0. The van der Waals surface area contributed by atoms with Gasteiger partial charge in [0.1, 0.15) is 0 Å². The van der Waals surface area contributed by atoms with Crippen molar-refractivity contribution in [2.75, 3.05) is 39.3 Å². The molecule has 6 rings (SSSR count). The minimum atomic E-state index is 0.349. The lowest BCUT2D eigenvalue weighted by Crippen LogP contribution is -2.64. The van der Waals surface area contributed by atoms with Gasteiger partial charge in [-0.15, -0.1) is 0 Å². The van der Waals surface area contributed by atoms with E-state index >= 15 is 0 Å². The first-order valence-corrected chi connectivity index (χ1v) is 12.5. The van der Waals surface area contributed by atoms with E-state index in [4.69, 9.17) is 0 Å². The number of piperazine rings is 1. The molecule has 1 unspecified atom stereocenters. The Balaban J connectivity index is 1.23. The van der Waals surface area contributed by atoms with E-state index in [2.05, 4.69) is 28.5 Å². The molecular formula is C24H43N3O. The number of rotatable bonds is 5. The second kappa shape index (κ2) is 8.17. The van der Waals surface area contributed by atoms with Crippen LogP contribution in [0.1, 0.15) is 65.2 Å². The van der Waals surface area contributed by atoms with E-state index in [1.807, 2.05) is 0 Å². The van der Waals surface area contributed by atoms with Crippen molar-refractivity contribution in [2.45, 2.75) is 89.4 Å². The lowest BCUT2D eigenvalue weighted by Gasteiger charge is -2.59. The number of aliphatic hydroxyl groups is 1. The molecule has 6 fully saturated rings. The molecule has 0 amide bonds. The van der Waals surface area contributed by atoms with Crippen molar-refractivity contribution in [3.8, 4) is 0 Å². The quantitative estimate of drug-likeness (QED) is 0.783. The second-order valence-corrected chi connectivity index (χ2v) is 11.2. The maximum Gasteiger partial charge on any atom is 0.0446 e. The standard InChI is InChI=1S/C24H43N3O/c1-17(2)25-6-3-22(4-7-25)27-9-8-26(16-23(27)5-10-28)24-20-12-18-11-19(14-20)15-21(24)13-18/h17-24,28H,3-16H2,1-2H3. The van der Waals surface area contributed by atoms with Crippen molar-refractivity contribution < 1.29 is 5.11 Å². The number of nitrogens with zero attached hydrogens (tertiary/aromatic N) is 3. The Hall–Kier alpha value is -0.160. The lowest BCUT2D eigenvalue weighted by molar-refractivity contribution is -0.0941. The van der Waals surface area contributed by atoms with Gasteiger partial charge in [0.25, 0.3) is 0 Å². The predicted octanol–water partition coefficient (Wildman–Crippen LogP) is 3.05. The van der Waals surface area contributed by atoms with E-state index < -0.39 is 0 Å². The van der Waals surface area contributed by atoms with Crippen molar-refractivity contribution >= 4 is 0 Å². The van der Waals surface area contributed by atoms with E-state index in [1.54, 1.807) is 6.42 Å². The summed E-state index contributed by atoms with van der Waals surface area (Å²) in [6, 6.07) is 2.88. The third-order valence-electron chi connectivity index (χ3n) is 9.32. The minimum absolute atomic E-state index is 0.349. The van der Waals surface area contributed by atoms with Gasteiger partial charge in [-0.05, 0) is 102 Å². The van der Waals surface area contributed by atoms with E-state index in [-0.39, 0.29) is 0 Å². The molecule has 4 saturated carbocycles. The molecule has 6 aliphatic rings. The lowest BCUT2D eigenvalue weighted by atomic mass is 9.53. The molecule has 160 valence electrons. The zero-order chi connectivity index (χ0) is 19.3. The monoisotopic (exact) mass is 389 g/mol. The number of hydrogen-bond donors (Lipinski definition) is 1. The molecule has 1 N–H and O–H groups in total. The van der Waals surface area contributed by atoms with Gasteiger partial charge in [0.15, 0.2) is 0 Å². The molecule has 4 bridgehead atoms. The molecule has 4 aliphatic carbocycles. The van der Waals surface area contributed by atoms with Crippen LogP contribution in [0.25, 0.3) is 0 Å². The van der Waals surface area contributed by atoms with Crippen LogP contribution < -0.4 is 0 Å². The van der Waals surface area contributed by atoms with Gasteiger partial charge in [-0.25, -0.2) is 0 Å². The summed E-state index contributed by atoms with van der Waals surface area (Å²) in [7, 11) is 0. The van der Waals surface area contributed by atoms with Gasteiger partial charge in [0.05, 0.1) is 0 Å². The van der Waals surface area contributed by atoms with Gasteiger partial charge in [0, 0.05) is 50.4 Å². The Morgan fingerprint density at radius 2 is 1.50 bits per heavy atom. The highest BCUT2D eigenvalue weighted by Gasteiger charge is 2.51. The van der Waals surface area contributed by atoms with Crippen molar-refractivity contribution in [3.05, 3.63) is 0 Å². The highest BCUT2D eigenvalue weighted by atomic mass is 16.3. The molecule has 2 aliphatic heterocycles.